The largest absolute Gasteiger partial charge is 0.311 e. The van der Waals surface area contributed by atoms with E-state index in [9.17, 15) is 0 Å². The quantitative estimate of drug-likeness (QED) is 0.869. The Hall–Kier alpha value is 0.1000. The molecule has 0 radical (unpaired) electrons. The first-order valence-electron chi connectivity index (χ1n) is 7.47. The molecule has 2 fully saturated rings. The number of halogens is 1. The molecule has 1 N–H and O–H groups in total. The summed E-state index contributed by atoms with van der Waals surface area (Å²) in [5.41, 5.74) is 1.47. The van der Waals surface area contributed by atoms with Crippen molar-refractivity contribution in [2.24, 2.45) is 0 Å². The van der Waals surface area contributed by atoms with Crippen molar-refractivity contribution in [3.63, 3.8) is 0 Å². The molecular weight excluding hydrogens is 320 g/mol. The summed E-state index contributed by atoms with van der Waals surface area (Å²) in [6.07, 6.45) is 6.74. The molecule has 2 aliphatic heterocycles. The van der Waals surface area contributed by atoms with Crippen molar-refractivity contribution >= 4 is 27.3 Å². The van der Waals surface area contributed by atoms with E-state index in [1.54, 1.807) is 11.3 Å². The third kappa shape index (κ3) is 3.41. The van der Waals surface area contributed by atoms with Gasteiger partial charge in [0.15, 0.2) is 0 Å². The van der Waals surface area contributed by atoms with Crippen molar-refractivity contribution in [2.45, 2.75) is 63.7 Å². The molecule has 2 saturated heterocycles. The number of fused-ring (bicyclic) bond motifs is 2. The Labute approximate surface area is 128 Å². The lowest BCUT2D eigenvalue weighted by molar-refractivity contribution is 0.134. The summed E-state index contributed by atoms with van der Waals surface area (Å²) in [6, 6.07) is 4.65. The van der Waals surface area contributed by atoms with Gasteiger partial charge in [0.2, 0.25) is 0 Å². The minimum absolute atomic E-state index is 0.789. The van der Waals surface area contributed by atoms with Crippen LogP contribution >= 0.6 is 27.3 Å². The summed E-state index contributed by atoms with van der Waals surface area (Å²) in [5, 5.41) is 6.05. The van der Waals surface area contributed by atoms with Crippen LogP contribution in [-0.4, -0.2) is 29.6 Å². The average Bonchev–Trinajstić information content (AvgIpc) is 2.95. The third-order valence-electron chi connectivity index (χ3n) is 4.48. The lowest BCUT2D eigenvalue weighted by Gasteiger charge is -2.37. The number of hydrogen-bond donors (Lipinski definition) is 1. The van der Waals surface area contributed by atoms with Gasteiger partial charge in [-0.05, 0) is 71.6 Å². The molecule has 0 amide bonds. The SMILES string of the molecule is CCCN(Cc1csc(Br)c1)C1CC2CCC(C1)N2. The zero-order valence-corrected chi connectivity index (χ0v) is 14.0. The molecule has 2 aliphatic rings. The second kappa shape index (κ2) is 6.25. The van der Waals surface area contributed by atoms with Gasteiger partial charge in [0, 0.05) is 24.7 Å². The topological polar surface area (TPSA) is 15.3 Å². The molecule has 3 heterocycles. The summed E-state index contributed by atoms with van der Waals surface area (Å²) >= 11 is 5.38. The molecule has 3 rings (SSSR count). The monoisotopic (exact) mass is 342 g/mol. The molecule has 1 aromatic heterocycles. The van der Waals surface area contributed by atoms with E-state index in [1.165, 1.54) is 48.0 Å². The van der Waals surface area contributed by atoms with Gasteiger partial charge in [-0.25, -0.2) is 0 Å². The van der Waals surface area contributed by atoms with Crippen LogP contribution in [0.4, 0.5) is 0 Å². The molecule has 2 nitrogen and oxygen atoms in total. The van der Waals surface area contributed by atoms with Crippen molar-refractivity contribution in [1.82, 2.24) is 10.2 Å². The Morgan fingerprint density at radius 2 is 2.11 bits per heavy atom. The summed E-state index contributed by atoms with van der Waals surface area (Å²) in [6.45, 7) is 4.66. The number of nitrogens with one attached hydrogen (secondary N) is 1. The molecule has 2 atom stereocenters. The zero-order valence-electron chi connectivity index (χ0n) is 11.6. The smallest absolute Gasteiger partial charge is 0.0701 e. The van der Waals surface area contributed by atoms with Crippen LogP contribution in [0.25, 0.3) is 0 Å². The van der Waals surface area contributed by atoms with E-state index in [1.807, 2.05) is 0 Å². The van der Waals surface area contributed by atoms with E-state index in [4.69, 9.17) is 0 Å². The van der Waals surface area contributed by atoms with Gasteiger partial charge >= 0.3 is 0 Å². The molecule has 19 heavy (non-hydrogen) atoms. The van der Waals surface area contributed by atoms with Crippen molar-refractivity contribution in [3.8, 4) is 0 Å². The zero-order chi connectivity index (χ0) is 13.2. The first kappa shape index (κ1) is 14.1. The summed E-state index contributed by atoms with van der Waals surface area (Å²) < 4.78 is 1.25. The van der Waals surface area contributed by atoms with Crippen molar-refractivity contribution < 1.29 is 0 Å². The van der Waals surface area contributed by atoms with E-state index >= 15 is 0 Å². The average molecular weight is 343 g/mol. The predicted molar refractivity (Wildman–Crippen MR) is 85.7 cm³/mol. The second-order valence-corrected chi connectivity index (χ2v) is 8.28. The van der Waals surface area contributed by atoms with E-state index in [2.05, 4.69) is 44.5 Å². The number of nitrogens with zero attached hydrogens (tertiary/aromatic N) is 1. The third-order valence-corrected chi connectivity index (χ3v) is 6.04. The second-order valence-electron chi connectivity index (χ2n) is 5.99. The normalized spacial score (nSPS) is 30.2. The summed E-state index contributed by atoms with van der Waals surface area (Å²) in [5.74, 6) is 0. The van der Waals surface area contributed by atoms with Gasteiger partial charge < -0.3 is 5.32 Å². The molecule has 2 bridgehead atoms. The van der Waals surface area contributed by atoms with Crippen molar-refractivity contribution in [1.29, 1.82) is 0 Å². The maximum atomic E-state index is 3.75. The van der Waals surface area contributed by atoms with Gasteiger partial charge in [-0.15, -0.1) is 11.3 Å². The fourth-order valence-electron chi connectivity index (χ4n) is 3.67. The van der Waals surface area contributed by atoms with E-state index < -0.39 is 0 Å². The number of piperidine rings is 1. The Balaban J connectivity index is 1.66. The van der Waals surface area contributed by atoms with Gasteiger partial charge in [0.25, 0.3) is 0 Å². The highest BCUT2D eigenvalue weighted by Crippen LogP contribution is 2.31. The van der Waals surface area contributed by atoms with E-state index in [0.717, 1.165) is 24.7 Å². The minimum Gasteiger partial charge on any atom is -0.311 e. The Kier molecular flexibility index (Phi) is 4.62. The van der Waals surface area contributed by atoms with Gasteiger partial charge in [-0.1, -0.05) is 6.92 Å². The Morgan fingerprint density at radius 1 is 1.37 bits per heavy atom. The van der Waals surface area contributed by atoms with Crippen LogP contribution in [0.15, 0.2) is 15.2 Å². The lowest BCUT2D eigenvalue weighted by atomic mass is 9.97. The standard InChI is InChI=1S/C15H23BrN2S/c1-2-5-18(9-11-6-15(16)19-10-11)14-7-12-3-4-13(8-14)17-12/h6,10,12-14,17H,2-5,7-9H2,1H3. The molecule has 1 aromatic rings. The van der Waals surface area contributed by atoms with Gasteiger partial charge in [0.1, 0.15) is 0 Å². The van der Waals surface area contributed by atoms with Gasteiger partial charge in [0.05, 0.1) is 3.79 Å². The molecule has 0 aliphatic carbocycles. The van der Waals surface area contributed by atoms with Gasteiger partial charge in [-0.3, -0.25) is 4.90 Å². The Bertz CT molecular complexity index is 408. The maximum Gasteiger partial charge on any atom is 0.0701 e. The van der Waals surface area contributed by atoms with Crippen LogP contribution in [0, 0.1) is 0 Å². The fraction of sp³-hybridized carbons (Fsp3) is 0.733. The number of hydrogen-bond acceptors (Lipinski definition) is 3. The maximum absolute atomic E-state index is 3.75. The Morgan fingerprint density at radius 3 is 2.68 bits per heavy atom. The van der Waals surface area contributed by atoms with Gasteiger partial charge in [-0.2, -0.15) is 0 Å². The molecule has 0 saturated carbocycles. The molecule has 0 aromatic carbocycles. The minimum atomic E-state index is 0.789. The lowest BCUT2D eigenvalue weighted by Crippen LogP contribution is -2.48. The highest BCUT2D eigenvalue weighted by molar-refractivity contribution is 9.11. The highest BCUT2D eigenvalue weighted by atomic mass is 79.9. The first-order valence-corrected chi connectivity index (χ1v) is 9.15. The summed E-state index contributed by atoms with van der Waals surface area (Å²) in [7, 11) is 0. The van der Waals surface area contributed by atoms with Crippen LogP contribution in [0.2, 0.25) is 0 Å². The summed E-state index contributed by atoms with van der Waals surface area (Å²) in [4.78, 5) is 2.72. The number of rotatable bonds is 5. The molecule has 0 spiro atoms. The van der Waals surface area contributed by atoms with Crippen LogP contribution < -0.4 is 5.32 Å². The number of thiophene rings is 1. The van der Waals surface area contributed by atoms with Crippen LogP contribution in [0.3, 0.4) is 0 Å². The molecule has 2 unspecified atom stereocenters. The van der Waals surface area contributed by atoms with E-state index in [-0.39, 0.29) is 0 Å². The predicted octanol–water partition coefficient (Wildman–Crippen LogP) is 4.01. The first-order chi connectivity index (χ1) is 9.24. The van der Waals surface area contributed by atoms with Crippen molar-refractivity contribution in [3.05, 3.63) is 20.8 Å². The molecule has 106 valence electrons. The van der Waals surface area contributed by atoms with Crippen LogP contribution in [0.1, 0.15) is 44.6 Å². The van der Waals surface area contributed by atoms with Crippen LogP contribution in [-0.2, 0) is 6.54 Å². The molecule has 4 heteroatoms. The molecular formula is C15H23BrN2S. The van der Waals surface area contributed by atoms with Crippen molar-refractivity contribution in [2.75, 3.05) is 6.54 Å². The van der Waals surface area contributed by atoms with E-state index in [0.29, 0.717) is 0 Å². The fourth-order valence-corrected chi connectivity index (χ4v) is 4.87. The highest BCUT2D eigenvalue weighted by Gasteiger charge is 2.35. The van der Waals surface area contributed by atoms with Crippen LogP contribution in [0.5, 0.6) is 0 Å².